The van der Waals surface area contributed by atoms with Crippen LogP contribution >= 0.6 is 0 Å². The minimum atomic E-state index is -4.57. The van der Waals surface area contributed by atoms with Crippen molar-refractivity contribution < 1.29 is 13.2 Å². The fraction of sp³-hybridized carbons (Fsp3) is 0.320. The average molecular weight is 467 g/mol. The molecule has 176 valence electrons. The summed E-state index contributed by atoms with van der Waals surface area (Å²) in [7, 11) is 0. The highest BCUT2D eigenvalue weighted by Gasteiger charge is 2.36. The largest absolute Gasteiger partial charge is 0.418 e. The van der Waals surface area contributed by atoms with Crippen LogP contribution in [0.2, 0.25) is 0 Å². The number of aromatic nitrogens is 4. The third kappa shape index (κ3) is 4.35. The van der Waals surface area contributed by atoms with Gasteiger partial charge in [-0.25, -0.2) is 4.98 Å². The second-order valence-electron chi connectivity index (χ2n) is 8.88. The van der Waals surface area contributed by atoms with Gasteiger partial charge in [-0.2, -0.15) is 18.0 Å². The van der Waals surface area contributed by atoms with Crippen molar-refractivity contribution in [3.8, 4) is 11.4 Å². The number of benzene rings is 1. The molecule has 2 unspecified atom stereocenters. The van der Waals surface area contributed by atoms with Crippen molar-refractivity contribution in [2.75, 3.05) is 12.4 Å². The fourth-order valence-corrected chi connectivity index (χ4v) is 4.79. The molecule has 2 atom stereocenters. The van der Waals surface area contributed by atoms with Crippen molar-refractivity contribution in [3.05, 3.63) is 77.1 Å². The van der Waals surface area contributed by atoms with E-state index in [4.69, 9.17) is 5.84 Å². The Labute approximate surface area is 195 Å². The minimum Gasteiger partial charge on any atom is -0.321 e. The first-order valence-corrected chi connectivity index (χ1v) is 11.3. The van der Waals surface area contributed by atoms with E-state index >= 15 is 0 Å². The number of nitrogens with zero attached hydrogens (tertiary/aromatic N) is 4. The van der Waals surface area contributed by atoms with Gasteiger partial charge in [0.2, 0.25) is 0 Å². The molecule has 0 aliphatic carbocycles. The Morgan fingerprint density at radius 3 is 2.76 bits per heavy atom. The van der Waals surface area contributed by atoms with Crippen LogP contribution in [0.25, 0.3) is 22.4 Å². The van der Waals surface area contributed by atoms with Crippen molar-refractivity contribution in [1.29, 1.82) is 0 Å². The number of fused-ring (bicyclic) bond motifs is 1. The monoisotopic (exact) mass is 466 g/mol. The second kappa shape index (κ2) is 8.72. The summed E-state index contributed by atoms with van der Waals surface area (Å²) in [6, 6.07) is 14.5. The van der Waals surface area contributed by atoms with Crippen LogP contribution in [-0.2, 0) is 12.6 Å². The van der Waals surface area contributed by atoms with E-state index in [2.05, 4.69) is 51.6 Å². The highest BCUT2D eigenvalue weighted by molar-refractivity contribution is 5.91. The fourth-order valence-electron chi connectivity index (χ4n) is 4.79. The first kappa shape index (κ1) is 22.3. The topological polar surface area (TPSA) is 81.7 Å². The molecule has 1 aromatic carbocycles. The zero-order valence-corrected chi connectivity index (χ0v) is 18.7. The Bertz CT molecular complexity index is 1330. The molecule has 0 bridgehead atoms. The highest BCUT2D eigenvalue weighted by atomic mass is 19.4. The maximum atomic E-state index is 13.9. The molecule has 9 heteroatoms. The van der Waals surface area contributed by atoms with Crippen molar-refractivity contribution in [3.63, 3.8) is 0 Å². The number of hydrogen-bond donors (Lipinski definition) is 2. The smallest absolute Gasteiger partial charge is 0.321 e. The molecular weight excluding hydrogens is 441 g/mol. The lowest BCUT2D eigenvalue weighted by Gasteiger charge is -2.31. The Morgan fingerprint density at radius 1 is 1.12 bits per heavy atom. The molecule has 0 spiro atoms. The minimum absolute atomic E-state index is 0.0859. The van der Waals surface area contributed by atoms with Crippen LogP contribution in [0.3, 0.4) is 0 Å². The standard InChI is InChI=1S/C25H25F3N6/c1-15-4-2-5-17(12-15)21-14-16(9-11-30-21)13-18-7-8-20(25(26,27)28)23(32-18)22-19-6-3-10-31-24(19)34(29)33-22/h2-8,10,12,16,21,30H,9,11,13-14,29H2,1H3. The SMILES string of the molecule is Cc1cccc(C2CC(Cc3ccc(C(F)(F)F)c(-c4nn(N)c5ncccc45)n3)CCN2)c1. The number of aryl methyl sites for hydroxylation is 1. The molecule has 1 saturated heterocycles. The average Bonchev–Trinajstić information content (AvgIpc) is 3.15. The van der Waals surface area contributed by atoms with Crippen LogP contribution in [0.5, 0.6) is 0 Å². The number of nitrogens with two attached hydrogens (primary N) is 1. The number of nitrogen functional groups attached to an aromatic ring is 1. The summed E-state index contributed by atoms with van der Waals surface area (Å²) in [4.78, 5) is 9.62. The normalized spacial score (nSPS) is 18.9. The summed E-state index contributed by atoms with van der Waals surface area (Å²) >= 11 is 0. The van der Waals surface area contributed by atoms with Gasteiger partial charge in [0.05, 0.1) is 10.9 Å². The van der Waals surface area contributed by atoms with Crippen molar-refractivity contribution in [2.45, 2.75) is 38.4 Å². The lowest BCUT2D eigenvalue weighted by molar-refractivity contribution is -0.137. The van der Waals surface area contributed by atoms with Crippen LogP contribution in [0.1, 0.15) is 41.3 Å². The van der Waals surface area contributed by atoms with E-state index < -0.39 is 11.7 Å². The van der Waals surface area contributed by atoms with E-state index in [-0.39, 0.29) is 17.4 Å². The van der Waals surface area contributed by atoms with Crippen molar-refractivity contribution >= 4 is 11.0 Å². The molecule has 3 N–H and O–H groups in total. The second-order valence-corrected chi connectivity index (χ2v) is 8.88. The molecule has 6 nitrogen and oxygen atoms in total. The number of piperidine rings is 1. The summed E-state index contributed by atoms with van der Waals surface area (Å²) in [5.74, 6) is 6.17. The summed E-state index contributed by atoms with van der Waals surface area (Å²) in [5, 5.41) is 8.14. The van der Waals surface area contributed by atoms with E-state index in [0.29, 0.717) is 29.1 Å². The molecule has 5 rings (SSSR count). The third-order valence-corrected chi connectivity index (χ3v) is 6.40. The number of halogens is 3. The van der Waals surface area contributed by atoms with Crippen LogP contribution in [0, 0.1) is 12.8 Å². The molecule has 1 fully saturated rings. The van der Waals surface area contributed by atoms with Crippen LogP contribution in [0.15, 0.2) is 54.7 Å². The van der Waals surface area contributed by atoms with Gasteiger partial charge < -0.3 is 11.2 Å². The lowest BCUT2D eigenvalue weighted by Crippen LogP contribution is -2.32. The molecule has 0 saturated carbocycles. The molecule has 1 aliphatic rings. The van der Waals surface area contributed by atoms with Gasteiger partial charge >= 0.3 is 6.18 Å². The van der Waals surface area contributed by atoms with Crippen molar-refractivity contribution in [1.82, 2.24) is 25.2 Å². The molecule has 1 aliphatic heterocycles. The first-order chi connectivity index (χ1) is 16.3. The zero-order valence-electron chi connectivity index (χ0n) is 18.7. The Balaban J connectivity index is 1.47. The maximum absolute atomic E-state index is 13.9. The van der Waals surface area contributed by atoms with Crippen LogP contribution in [0.4, 0.5) is 13.2 Å². The Kier molecular flexibility index (Phi) is 5.73. The number of pyridine rings is 2. The summed E-state index contributed by atoms with van der Waals surface area (Å²) in [6.45, 7) is 2.92. The molecule has 0 radical (unpaired) electrons. The number of nitrogens with one attached hydrogen (secondary N) is 1. The third-order valence-electron chi connectivity index (χ3n) is 6.40. The van der Waals surface area contributed by atoms with E-state index in [9.17, 15) is 13.2 Å². The summed E-state index contributed by atoms with van der Waals surface area (Å²) in [6.07, 6.45) is -0.628. The van der Waals surface area contributed by atoms with Gasteiger partial charge in [0, 0.05) is 17.9 Å². The molecule has 4 aromatic rings. The first-order valence-electron chi connectivity index (χ1n) is 11.3. The maximum Gasteiger partial charge on any atom is 0.418 e. The summed E-state index contributed by atoms with van der Waals surface area (Å²) < 4.78 is 41.6. The van der Waals surface area contributed by atoms with Gasteiger partial charge in [0.25, 0.3) is 0 Å². The molecule has 0 amide bonds. The van der Waals surface area contributed by atoms with Crippen molar-refractivity contribution in [2.24, 2.45) is 5.92 Å². The predicted octanol–water partition coefficient (Wildman–Crippen LogP) is 4.82. The number of rotatable bonds is 4. The van der Waals surface area contributed by atoms with Gasteiger partial charge in [-0.3, -0.25) is 4.98 Å². The molecule has 4 heterocycles. The van der Waals surface area contributed by atoms with Gasteiger partial charge in [0.15, 0.2) is 5.65 Å². The zero-order chi connectivity index (χ0) is 23.9. The Morgan fingerprint density at radius 2 is 1.97 bits per heavy atom. The van der Waals surface area contributed by atoms with Gasteiger partial charge in [-0.15, -0.1) is 5.10 Å². The van der Waals surface area contributed by atoms with Gasteiger partial charge in [-0.1, -0.05) is 29.8 Å². The summed E-state index contributed by atoms with van der Waals surface area (Å²) in [5.41, 5.74) is 2.40. The van der Waals surface area contributed by atoms with Gasteiger partial charge in [-0.05, 0) is 68.5 Å². The van der Waals surface area contributed by atoms with Gasteiger partial charge in [0.1, 0.15) is 11.4 Å². The predicted molar refractivity (Wildman–Crippen MR) is 124 cm³/mol. The number of hydrogen-bond acceptors (Lipinski definition) is 5. The Hall–Kier alpha value is -3.46. The molecule has 34 heavy (non-hydrogen) atoms. The molecular formula is C25H25F3N6. The van der Waals surface area contributed by atoms with Crippen LogP contribution < -0.4 is 11.2 Å². The van der Waals surface area contributed by atoms with E-state index in [1.165, 1.54) is 23.4 Å². The number of alkyl halides is 3. The highest BCUT2D eigenvalue weighted by Crippen LogP contribution is 2.38. The van der Waals surface area contributed by atoms with E-state index in [1.807, 2.05) is 0 Å². The van der Waals surface area contributed by atoms with E-state index in [1.54, 1.807) is 12.1 Å². The lowest BCUT2D eigenvalue weighted by atomic mass is 9.85. The quantitative estimate of drug-likeness (QED) is 0.422. The molecule has 3 aromatic heterocycles. The van der Waals surface area contributed by atoms with E-state index in [0.717, 1.165) is 30.2 Å². The van der Waals surface area contributed by atoms with Crippen LogP contribution in [-0.4, -0.2) is 26.4 Å².